The largest absolute Gasteiger partial charge is 0.332 e. The fraction of sp³-hybridized carbons (Fsp3) is 0.478. The first-order chi connectivity index (χ1) is 29.6. The third-order valence-electron chi connectivity index (χ3n) is 10.6. The Balaban J connectivity index is 1.72. The highest BCUT2D eigenvalue weighted by Gasteiger charge is 2.29. The average Bonchev–Trinajstić information content (AvgIpc) is 3.26. The second-order valence-electron chi connectivity index (χ2n) is 15.5. The van der Waals surface area contributed by atoms with Crippen LogP contribution in [0.2, 0.25) is 0 Å². The van der Waals surface area contributed by atoms with Gasteiger partial charge in [-0.25, -0.2) is 0 Å². The monoisotopic (exact) mass is 840 g/mol. The Morgan fingerprint density at radius 1 is 0.393 bits per heavy atom. The van der Waals surface area contributed by atoms with Crippen LogP contribution in [-0.2, 0) is 48.4 Å². The zero-order valence-corrected chi connectivity index (χ0v) is 35.6. The molecule has 0 unspecified atom stereocenters. The standard InChI is InChI=1S/C46H65N9O6/c47-22-12-26-50-25-11-10-21-41(56)32-53(29-38-15-4-1-5-16-38)45(60)34-51(27-13-23-48)44(59)37-55(31-40-19-8-3-9-20-40)46(61)35-52(28-14-24-49)43(58)36-54(42(57)33-50)30-39-17-6-2-7-18-39/h1-9,15-20H,10-14,21-37,47-49H2. The van der Waals surface area contributed by atoms with Gasteiger partial charge in [-0.1, -0.05) is 91.0 Å². The molecule has 1 aliphatic heterocycles. The van der Waals surface area contributed by atoms with E-state index in [1.807, 2.05) is 95.9 Å². The molecule has 0 aromatic heterocycles. The minimum atomic E-state index is -0.486. The number of carbonyl (C=O) groups excluding carboxylic acids is 6. The molecular weight excluding hydrogens is 775 g/mol. The topological polar surface area (TPSA) is 200 Å². The van der Waals surface area contributed by atoms with Crippen molar-refractivity contribution in [3.05, 3.63) is 108 Å². The lowest BCUT2D eigenvalue weighted by atomic mass is 10.1. The van der Waals surface area contributed by atoms with Crippen LogP contribution in [0.1, 0.15) is 55.2 Å². The van der Waals surface area contributed by atoms with E-state index in [-0.39, 0.29) is 103 Å². The Morgan fingerprint density at radius 3 is 1.15 bits per heavy atom. The maximum absolute atomic E-state index is 14.4. The molecule has 3 aromatic carbocycles. The summed E-state index contributed by atoms with van der Waals surface area (Å²) in [5.41, 5.74) is 20.1. The van der Waals surface area contributed by atoms with Gasteiger partial charge in [0.2, 0.25) is 29.5 Å². The van der Waals surface area contributed by atoms with Gasteiger partial charge in [-0.2, -0.15) is 0 Å². The minimum Gasteiger partial charge on any atom is -0.332 e. The Kier molecular flexibility index (Phi) is 21.1. The average molecular weight is 840 g/mol. The lowest BCUT2D eigenvalue weighted by Crippen LogP contribution is -2.51. The van der Waals surface area contributed by atoms with Crippen LogP contribution >= 0.6 is 0 Å². The van der Waals surface area contributed by atoms with Gasteiger partial charge < -0.3 is 41.7 Å². The molecule has 0 radical (unpaired) electrons. The minimum absolute atomic E-state index is 0.0305. The van der Waals surface area contributed by atoms with Crippen LogP contribution < -0.4 is 17.2 Å². The molecule has 5 amide bonds. The van der Waals surface area contributed by atoms with Crippen molar-refractivity contribution in [2.24, 2.45) is 17.2 Å². The molecular formula is C46H65N9O6. The Morgan fingerprint density at radius 2 is 0.738 bits per heavy atom. The second-order valence-corrected chi connectivity index (χ2v) is 15.5. The van der Waals surface area contributed by atoms with Crippen molar-refractivity contribution in [2.75, 3.05) is 85.1 Å². The summed E-state index contributed by atoms with van der Waals surface area (Å²) in [6, 6.07) is 28.0. The number of amides is 5. The van der Waals surface area contributed by atoms with Crippen molar-refractivity contribution in [1.82, 2.24) is 29.4 Å². The van der Waals surface area contributed by atoms with Gasteiger partial charge in [-0.15, -0.1) is 0 Å². The van der Waals surface area contributed by atoms with Crippen LogP contribution in [0.5, 0.6) is 0 Å². The SMILES string of the molecule is NCCCN1CCCCC(=O)CN(Cc2ccccc2)C(=O)CN(CCCN)C(=O)CN(Cc2ccccc2)C(=O)CN(CCCN)C(=O)CN(Cc2ccccc2)C(=O)C1. The zero-order valence-electron chi connectivity index (χ0n) is 35.6. The lowest BCUT2D eigenvalue weighted by Gasteiger charge is -2.32. The molecule has 15 heteroatoms. The van der Waals surface area contributed by atoms with Crippen molar-refractivity contribution >= 4 is 35.3 Å². The van der Waals surface area contributed by atoms with E-state index in [2.05, 4.69) is 0 Å². The Hall–Kier alpha value is -5.48. The molecule has 1 heterocycles. The van der Waals surface area contributed by atoms with Crippen LogP contribution in [0.25, 0.3) is 0 Å². The highest BCUT2D eigenvalue weighted by atomic mass is 16.2. The smallest absolute Gasteiger partial charge is 0.242 e. The molecule has 0 spiro atoms. The van der Waals surface area contributed by atoms with Crippen molar-refractivity contribution in [1.29, 1.82) is 0 Å². The van der Waals surface area contributed by atoms with Gasteiger partial charge in [-0.3, -0.25) is 33.7 Å². The van der Waals surface area contributed by atoms with Crippen LogP contribution in [-0.4, -0.2) is 150 Å². The number of hydrogen-bond donors (Lipinski definition) is 3. The summed E-state index contributed by atoms with van der Waals surface area (Å²) in [4.78, 5) is 93.9. The third kappa shape index (κ3) is 17.2. The summed E-state index contributed by atoms with van der Waals surface area (Å²) >= 11 is 0. The third-order valence-corrected chi connectivity index (χ3v) is 10.6. The van der Waals surface area contributed by atoms with E-state index < -0.39 is 23.6 Å². The quantitative estimate of drug-likeness (QED) is 0.203. The van der Waals surface area contributed by atoms with Crippen molar-refractivity contribution in [3.63, 3.8) is 0 Å². The van der Waals surface area contributed by atoms with Gasteiger partial charge in [0.25, 0.3) is 0 Å². The van der Waals surface area contributed by atoms with Crippen molar-refractivity contribution in [3.8, 4) is 0 Å². The molecule has 6 N–H and O–H groups in total. The molecule has 4 rings (SSSR count). The van der Waals surface area contributed by atoms with E-state index in [1.54, 1.807) is 0 Å². The van der Waals surface area contributed by atoms with E-state index in [0.717, 1.165) is 16.7 Å². The molecule has 1 aliphatic rings. The van der Waals surface area contributed by atoms with Crippen LogP contribution in [0.3, 0.4) is 0 Å². The summed E-state index contributed by atoms with van der Waals surface area (Å²) in [5.74, 6) is -2.18. The molecule has 330 valence electrons. The van der Waals surface area contributed by atoms with E-state index in [9.17, 15) is 28.8 Å². The maximum Gasteiger partial charge on any atom is 0.242 e. The fourth-order valence-corrected chi connectivity index (χ4v) is 7.14. The molecule has 0 atom stereocenters. The highest BCUT2D eigenvalue weighted by Crippen LogP contribution is 2.13. The number of Topliss-reactive ketones (excluding diaryl/α,β-unsaturated/α-hetero) is 1. The maximum atomic E-state index is 14.4. The molecule has 15 nitrogen and oxygen atoms in total. The van der Waals surface area contributed by atoms with Gasteiger partial charge in [-0.05, 0) is 81.5 Å². The van der Waals surface area contributed by atoms with Gasteiger partial charge >= 0.3 is 0 Å². The van der Waals surface area contributed by atoms with E-state index >= 15 is 0 Å². The summed E-state index contributed by atoms with van der Waals surface area (Å²) in [6.07, 6.45) is 2.84. The van der Waals surface area contributed by atoms with Gasteiger partial charge in [0, 0.05) is 39.1 Å². The normalized spacial score (nSPS) is 16.9. The van der Waals surface area contributed by atoms with Crippen molar-refractivity contribution in [2.45, 2.75) is 58.2 Å². The Labute approximate surface area is 360 Å². The number of nitrogens with zero attached hydrogens (tertiary/aromatic N) is 6. The molecule has 3 aromatic rings. The predicted molar refractivity (Wildman–Crippen MR) is 235 cm³/mol. The first-order valence-electron chi connectivity index (χ1n) is 21.4. The highest BCUT2D eigenvalue weighted by molar-refractivity contribution is 5.92. The molecule has 1 saturated heterocycles. The molecule has 61 heavy (non-hydrogen) atoms. The van der Waals surface area contributed by atoms with Crippen molar-refractivity contribution < 1.29 is 28.8 Å². The fourth-order valence-electron chi connectivity index (χ4n) is 7.14. The first kappa shape index (κ1) is 48.2. The molecule has 1 fully saturated rings. The number of hydrogen-bond acceptors (Lipinski definition) is 10. The number of rotatable bonds is 15. The number of carbonyl (C=O) groups is 6. The number of benzene rings is 3. The Bertz CT molecular complexity index is 1820. The number of nitrogens with two attached hydrogens (primary N) is 3. The molecule has 0 aliphatic carbocycles. The second kappa shape index (κ2) is 26.7. The van der Waals surface area contributed by atoms with E-state index in [0.29, 0.717) is 51.7 Å². The zero-order chi connectivity index (χ0) is 43.8. The van der Waals surface area contributed by atoms with E-state index in [4.69, 9.17) is 17.2 Å². The molecule has 0 bridgehead atoms. The predicted octanol–water partition coefficient (Wildman–Crippen LogP) is 1.83. The van der Waals surface area contributed by atoms with Gasteiger partial charge in [0.05, 0.1) is 26.2 Å². The summed E-state index contributed by atoms with van der Waals surface area (Å²) in [7, 11) is 0. The lowest BCUT2D eigenvalue weighted by molar-refractivity contribution is -0.148. The molecule has 0 saturated carbocycles. The van der Waals surface area contributed by atoms with Crippen LogP contribution in [0.4, 0.5) is 0 Å². The first-order valence-corrected chi connectivity index (χ1v) is 21.4. The summed E-state index contributed by atoms with van der Waals surface area (Å²) in [5, 5.41) is 0. The van der Waals surface area contributed by atoms with Crippen LogP contribution in [0, 0.1) is 0 Å². The summed E-state index contributed by atoms with van der Waals surface area (Å²) < 4.78 is 0. The van der Waals surface area contributed by atoms with E-state index in [1.165, 1.54) is 24.5 Å². The summed E-state index contributed by atoms with van der Waals surface area (Å²) in [6.45, 7) is 1.34. The van der Waals surface area contributed by atoms with Gasteiger partial charge in [0.15, 0.2) is 5.78 Å². The van der Waals surface area contributed by atoms with Crippen LogP contribution in [0.15, 0.2) is 91.0 Å². The number of ketones is 1. The van der Waals surface area contributed by atoms with Gasteiger partial charge in [0.1, 0.15) is 13.1 Å².